The van der Waals surface area contributed by atoms with Gasteiger partial charge in [0.15, 0.2) is 0 Å². The summed E-state index contributed by atoms with van der Waals surface area (Å²) in [6.07, 6.45) is 10.0. The van der Waals surface area contributed by atoms with Crippen LogP contribution >= 0.6 is 0 Å². The van der Waals surface area contributed by atoms with Crippen molar-refractivity contribution in [3.63, 3.8) is 0 Å². The van der Waals surface area contributed by atoms with E-state index in [1.807, 2.05) is 13.8 Å². The van der Waals surface area contributed by atoms with Gasteiger partial charge in [-0.15, -0.1) is 0 Å². The first-order chi connectivity index (χ1) is 15.6. The second-order valence-corrected chi connectivity index (χ2v) is 14.5. The molecule has 4 fully saturated rings. The number of fused-ring (bicyclic) bond motifs is 5. The molecular formula is C30H52O4. The van der Waals surface area contributed by atoms with Crippen LogP contribution in [0.15, 0.2) is 11.6 Å². The Kier molecular flexibility index (Phi) is 6.71. The second-order valence-electron chi connectivity index (χ2n) is 14.5. The molecular weight excluding hydrogens is 424 g/mol. The van der Waals surface area contributed by atoms with Gasteiger partial charge in [0.2, 0.25) is 0 Å². The van der Waals surface area contributed by atoms with E-state index < -0.39 is 11.7 Å². The maximum atomic E-state index is 11.7. The molecule has 0 aromatic heterocycles. The van der Waals surface area contributed by atoms with Crippen molar-refractivity contribution in [2.75, 3.05) is 6.61 Å². The quantitative estimate of drug-likeness (QED) is 0.397. The van der Waals surface area contributed by atoms with E-state index in [1.165, 1.54) is 6.42 Å². The minimum atomic E-state index is -0.714. The Hall–Kier alpha value is -0.420. The summed E-state index contributed by atoms with van der Waals surface area (Å²) in [7, 11) is 0. The lowest BCUT2D eigenvalue weighted by Gasteiger charge is -2.71. The Bertz CT molecular complexity index is 802. The highest BCUT2D eigenvalue weighted by atomic mass is 16.3. The Balaban J connectivity index is 1.63. The Morgan fingerprint density at radius 2 is 1.65 bits per heavy atom. The number of aliphatic hydroxyl groups is 4. The van der Waals surface area contributed by atoms with Gasteiger partial charge in [0.1, 0.15) is 0 Å². The number of hydrogen-bond donors (Lipinski definition) is 4. The molecule has 0 aromatic carbocycles. The zero-order valence-electron chi connectivity index (χ0n) is 22.9. The van der Waals surface area contributed by atoms with Crippen molar-refractivity contribution in [3.8, 4) is 0 Å². The molecule has 0 heterocycles. The van der Waals surface area contributed by atoms with Gasteiger partial charge in [-0.3, -0.25) is 0 Å². The third-order valence-corrected chi connectivity index (χ3v) is 12.5. The summed E-state index contributed by atoms with van der Waals surface area (Å²) in [5.41, 5.74) is 0.172. The molecule has 0 radical (unpaired) electrons. The Morgan fingerprint density at radius 1 is 0.971 bits per heavy atom. The molecule has 0 amide bonds. The fourth-order valence-corrected chi connectivity index (χ4v) is 10.5. The van der Waals surface area contributed by atoms with Gasteiger partial charge in [0.25, 0.3) is 0 Å². The maximum absolute atomic E-state index is 11.7. The molecule has 196 valence electrons. The van der Waals surface area contributed by atoms with Crippen LogP contribution in [-0.4, -0.2) is 44.8 Å². The molecule has 0 bridgehead atoms. The van der Waals surface area contributed by atoms with Gasteiger partial charge in [-0.05, 0) is 117 Å². The SMILES string of the molecule is C/C(=C\CC[C@](C)(O)[C@H]1CC[C@]2(C)[C@@H]1CC[C@@H]1[C@@]3(C)CC[C@H](O)C(C)(C)[C@@H]3[C@@H](O)C[C@]12C)CO. The van der Waals surface area contributed by atoms with Gasteiger partial charge in [0, 0.05) is 0 Å². The van der Waals surface area contributed by atoms with Crippen LogP contribution in [0.1, 0.15) is 106 Å². The summed E-state index contributed by atoms with van der Waals surface area (Å²) in [5, 5.41) is 43.5. The summed E-state index contributed by atoms with van der Waals surface area (Å²) in [5.74, 6) is 1.43. The van der Waals surface area contributed by atoms with Crippen LogP contribution in [0.25, 0.3) is 0 Å². The number of allylic oxidation sites excluding steroid dienone is 1. The van der Waals surface area contributed by atoms with Crippen molar-refractivity contribution in [1.82, 2.24) is 0 Å². The zero-order chi connectivity index (χ0) is 25.3. The van der Waals surface area contributed by atoms with Crippen molar-refractivity contribution in [3.05, 3.63) is 11.6 Å². The second kappa shape index (κ2) is 8.57. The number of rotatable bonds is 5. The molecule has 0 spiro atoms. The highest BCUT2D eigenvalue weighted by Gasteiger charge is 2.71. The highest BCUT2D eigenvalue weighted by Crippen LogP contribution is 2.75. The van der Waals surface area contributed by atoms with Gasteiger partial charge in [-0.2, -0.15) is 0 Å². The van der Waals surface area contributed by atoms with E-state index in [0.717, 1.165) is 56.9 Å². The lowest BCUT2D eigenvalue weighted by molar-refractivity contribution is -0.258. The average Bonchev–Trinajstić information content (AvgIpc) is 3.10. The molecule has 4 heteroatoms. The van der Waals surface area contributed by atoms with Crippen LogP contribution < -0.4 is 0 Å². The standard InChI is InChI=1S/C30H52O4/c1-19(18-31)9-8-14-30(7,34)21-12-16-28(5)20(21)10-11-23-27(4)15-13-24(33)26(2,3)25(27)22(32)17-29(23,28)6/h9,20-25,31-34H,8,10-18H2,1-7H3/b19-9+/t20-,21+,22+,23-,24+,25+,27-,28-,29-,30+/m1/s1. The molecule has 0 unspecified atom stereocenters. The molecule has 4 nitrogen and oxygen atoms in total. The van der Waals surface area contributed by atoms with Crippen molar-refractivity contribution >= 4 is 0 Å². The molecule has 4 saturated carbocycles. The summed E-state index contributed by atoms with van der Waals surface area (Å²) in [6.45, 7) is 15.8. The Morgan fingerprint density at radius 3 is 2.29 bits per heavy atom. The third kappa shape index (κ3) is 3.68. The third-order valence-electron chi connectivity index (χ3n) is 12.5. The predicted octanol–water partition coefficient (Wildman–Crippen LogP) is 5.47. The summed E-state index contributed by atoms with van der Waals surface area (Å²) >= 11 is 0. The molecule has 0 aromatic rings. The minimum absolute atomic E-state index is 0.0380. The zero-order valence-corrected chi connectivity index (χ0v) is 22.9. The van der Waals surface area contributed by atoms with Crippen molar-refractivity contribution in [2.24, 2.45) is 45.3 Å². The van der Waals surface area contributed by atoms with E-state index in [2.05, 4.69) is 40.7 Å². The molecule has 0 saturated heterocycles. The van der Waals surface area contributed by atoms with Crippen molar-refractivity contribution in [1.29, 1.82) is 0 Å². The van der Waals surface area contributed by atoms with E-state index in [1.54, 1.807) is 0 Å². The summed E-state index contributed by atoms with van der Waals surface area (Å²) in [6, 6.07) is 0. The molecule has 4 aliphatic carbocycles. The van der Waals surface area contributed by atoms with Gasteiger partial charge in [-0.25, -0.2) is 0 Å². The fourth-order valence-electron chi connectivity index (χ4n) is 10.5. The van der Waals surface area contributed by atoms with E-state index in [-0.39, 0.29) is 46.2 Å². The van der Waals surface area contributed by atoms with Gasteiger partial charge >= 0.3 is 0 Å². The lowest BCUT2D eigenvalue weighted by Crippen LogP contribution is -2.68. The molecule has 0 aliphatic heterocycles. The monoisotopic (exact) mass is 476 g/mol. The minimum Gasteiger partial charge on any atom is -0.393 e. The van der Waals surface area contributed by atoms with Crippen LogP contribution in [0.2, 0.25) is 0 Å². The molecule has 4 rings (SSSR count). The summed E-state index contributed by atoms with van der Waals surface area (Å²) in [4.78, 5) is 0. The molecule has 34 heavy (non-hydrogen) atoms. The molecule has 10 atom stereocenters. The topological polar surface area (TPSA) is 80.9 Å². The highest BCUT2D eigenvalue weighted by molar-refractivity contribution is 5.20. The smallest absolute Gasteiger partial charge is 0.0653 e. The number of hydrogen-bond acceptors (Lipinski definition) is 4. The van der Waals surface area contributed by atoms with Gasteiger partial charge < -0.3 is 20.4 Å². The van der Waals surface area contributed by atoms with E-state index >= 15 is 0 Å². The van der Waals surface area contributed by atoms with Crippen LogP contribution in [-0.2, 0) is 0 Å². The van der Waals surface area contributed by atoms with Crippen LogP contribution in [0.3, 0.4) is 0 Å². The van der Waals surface area contributed by atoms with E-state index in [4.69, 9.17) is 0 Å². The largest absolute Gasteiger partial charge is 0.393 e. The van der Waals surface area contributed by atoms with E-state index in [9.17, 15) is 20.4 Å². The van der Waals surface area contributed by atoms with Gasteiger partial charge in [0.05, 0.1) is 24.4 Å². The first-order valence-electron chi connectivity index (χ1n) is 14.0. The Labute approximate surface area is 208 Å². The number of aliphatic hydroxyl groups excluding tert-OH is 3. The summed E-state index contributed by atoms with van der Waals surface area (Å²) < 4.78 is 0. The molecule has 4 N–H and O–H groups in total. The molecule has 4 aliphatic rings. The maximum Gasteiger partial charge on any atom is 0.0653 e. The first kappa shape index (κ1) is 26.6. The first-order valence-corrected chi connectivity index (χ1v) is 14.0. The van der Waals surface area contributed by atoms with E-state index in [0.29, 0.717) is 11.8 Å². The lowest BCUT2D eigenvalue weighted by atomic mass is 9.35. The average molecular weight is 477 g/mol. The fraction of sp³-hybridized carbons (Fsp3) is 0.933. The van der Waals surface area contributed by atoms with Crippen LogP contribution in [0.5, 0.6) is 0 Å². The van der Waals surface area contributed by atoms with Crippen molar-refractivity contribution in [2.45, 2.75) is 124 Å². The van der Waals surface area contributed by atoms with Crippen LogP contribution in [0, 0.1) is 45.3 Å². The van der Waals surface area contributed by atoms with Gasteiger partial charge in [-0.1, -0.05) is 46.3 Å². The van der Waals surface area contributed by atoms with Crippen LogP contribution in [0.4, 0.5) is 0 Å². The van der Waals surface area contributed by atoms with Crippen molar-refractivity contribution < 1.29 is 20.4 Å². The predicted molar refractivity (Wildman–Crippen MR) is 137 cm³/mol. The normalized spacial score (nSPS) is 50.1.